The number of hydrogen-bond acceptors (Lipinski definition) is 4. The number of hydrogen-bond donors (Lipinski definition) is 2. The zero-order chi connectivity index (χ0) is 15.4. The first-order chi connectivity index (χ1) is 10.0. The molecule has 1 atom stereocenters. The van der Waals surface area contributed by atoms with Gasteiger partial charge in [0.2, 0.25) is 5.91 Å². The second kappa shape index (κ2) is 6.91. The lowest BCUT2D eigenvalue weighted by molar-refractivity contribution is -0.139. The molecular weight excluding hydrogens is 268 g/mol. The van der Waals surface area contributed by atoms with Crippen LogP contribution in [-0.4, -0.2) is 48.8 Å². The molecule has 116 valence electrons. The highest BCUT2D eigenvalue weighted by Gasteiger charge is 2.25. The predicted molar refractivity (Wildman–Crippen MR) is 81.2 cm³/mol. The van der Waals surface area contributed by atoms with Crippen molar-refractivity contribution in [3.05, 3.63) is 28.8 Å². The van der Waals surface area contributed by atoms with E-state index in [1.54, 1.807) is 0 Å². The van der Waals surface area contributed by atoms with E-state index in [1.807, 2.05) is 30.9 Å². The van der Waals surface area contributed by atoms with Crippen molar-refractivity contribution < 1.29 is 14.6 Å². The second-order valence-corrected chi connectivity index (χ2v) is 5.65. The molecule has 1 aliphatic heterocycles. The summed E-state index contributed by atoms with van der Waals surface area (Å²) >= 11 is 0. The minimum absolute atomic E-state index is 0.101. The van der Waals surface area contributed by atoms with E-state index in [9.17, 15) is 9.90 Å². The lowest BCUT2D eigenvalue weighted by atomic mass is 9.95. The van der Waals surface area contributed by atoms with Gasteiger partial charge in [-0.2, -0.15) is 0 Å². The molecular formula is C16H24N2O3. The van der Waals surface area contributed by atoms with Crippen LogP contribution < -0.4 is 5.73 Å². The smallest absolute Gasteiger partial charge is 0.227 e. The van der Waals surface area contributed by atoms with Gasteiger partial charge in [0, 0.05) is 19.6 Å². The maximum Gasteiger partial charge on any atom is 0.227 e. The quantitative estimate of drug-likeness (QED) is 0.867. The Labute approximate surface area is 125 Å². The maximum absolute atomic E-state index is 12.5. The fraction of sp³-hybridized carbons (Fsp3) is 0.562. The van der Waals surface area contributed by atoms with Crippen molar-refractivity contribution in [1.29, 1.82) is 0 Å². The molecule has 1 aromatic rings. The first-order valence-electron chi connectivity index (χ1n) is 7.38. The molecule has 2 rings (SSSR count). The number of morpholine rings is 1. The van der Waals surface area contributed by atoms with E-state index in [0.29, 0.717) is 45.0 Å². The third-order valence-electron chi connectivity index (χ3n) is 3.99. The van der Waals surface area contributed by atoms with Crippen molar-refractivity contribution in [1.82, 2.24) is 4.90 Å². The normalized spacial score (nSPS) is 16.8. The second-order valence-electron chi connectivity index (χ2n) is 5.65. The van der Waals surface area contributed by atoms with Crippen LogP contribution >= 0.6 is 0 Å². The molecule has 0 saturated carbocycles. The first kappa shape index (κ1) is 15.8. The van der Waals surface area contributed by atoms with E-state index in [0.717, 1.165) is 16.7 Å². The number of amides is 1. The molecule has 1 unspecified atom stereocenters. The largest absolute Gasteiger partial charge is 0.507 e. The highest BCUT2D eigenvalue weighted by molar-refractivity contribution is 5.79. The zero-order valence-electron chi connectivity index (χ0n) is 12.8. The molecule has 1 aliphatic rings. The molecule has 5 heteroatoms. The summed E-state index contributed by atoms with van der Waals surface area (Å²) in [7, 11) is 0. The van der Waals surface area contributed by atoms with E-state index in [1.165, 1.54) is 0 Å². The summed E-state index contributed by atoms with van der Waals surface area (Å²) in [6.45, 7) is 6.54. The number of rotatable bonds is 4. The maximum atomic E-state index is 12.5. The van der Waals surface area contributed by atoms with Gasteiger partial charge in [-0.3, -0.25) is 4.79 Å². The lowest BCUT2D eigenvalue weighted by Crippen LogP contribution is -2.46. The fourth-order valence-corrected chi connectivity index (χ4v) is 2.76. The van der Waals surface area contributed by atoms with Crippen molar-refractivity contribution in [3.63, 3.8) is 0 Å². The number of ether oxygens (including phenoxy) is 1. The molecule has 3 N–H and O–H groups in total. The van der Waals surface area contributed by atoms with Crippen LogP contribution in [0.1, 0.15) is 16.7 Å². The number of aryl methyl sites for hydroxylation is 2. The number of phenolic OH excluding ortho intramolecular Hbond substituents is 1. The molecule has 1 fully saturated rings. The Kier molecular flexibility index (Phi) is 5.20. The van der Waals surface area contributed by atoms with Gasteiger partial charge in [0.05, 0.1) is 19.1 Å². The average molecular weight is 292 g/mol. The van der Waals surface area contributed by atoms with Gasteiger partial charge in [0.15, 0.2) is 0 Å². The fourth-order valence-electron chi connectivity index (χ4n) is 2.76. The number of nitrogens with two attached hydrogens (primary N) is 1. The molecule has 0 spiro atoms. The SMILES string of the molecule is Cc1cc(CC(CN)C(=O)N2CCOCC2)cc(C)c1O. The van der Waals surface area contributed by atoms with Crippen molar-refractivity contribution >= 4 is 5.91 Å². The number of phenols is 1. The third kappa shape index (κ3) is 3.74. The summed E-state index contributed by atoms with van der Waals surface area (Å²) in [6.07, 6.45) is 0.606. The van der Waals surface area contributed by atoms with Crippen LogP contribution in [0.4, 0.5) is 0 Å². The Balaban J connectivity index is 2.09. The van der Waals surface area contributed by atoms with Crippen molar-refractivity contribution in [2.75, 3.05) is 32.8 Å². The Morgan fingerprint density at radius 2 is 1.90 bits per heavy atom. The third-order valence-corrected chi connectivity index (χ3v) is 3.99. The molecule has 0 radical (unpaired) electrons. The molecule has 0 bridgehead atoms. The summed E-state index contributed by atoms with van der Waals surface area (Å²) in [6, 6.07) is 3.86. The molecule has 1 amide bonds. The van der Waals surface area contributed by atoms with Crippen LogP contribution in [-0.2, 0) is 16.0 Å². The minimum Gasteiger partial charge on any atom is -0.507 e. The number of carbonyl (C=O) groups is 1. The summed E-state index contributed by atoms with van der Waals surface area (Å²) in [5.74, 6) is 0.207. The van der Waals surface area contributed by atoms with Gasteiger partial charge in [-0.15, -0.1) is 0 Å². The van der Waals surface area contributed by atoms with Gasteiger partial charge in [-0.25, -0.2) is 0 Å². The van der Waals surface area contributed by atoms with Gasteiger partial charge in [-0.1, -0.05) is 12.1 Å². The summed E-state index contributed by atoms with van der Waals surface area (Å²) in [5, 5.41) is 9.82. The van der Waals surface area contributed by atoms with Crippen LogP contribution in [0, 0.1) is 19.8 Å². The first-order valence-corrected chi connectivity index (χ1v) is 7.38. The van der Waals surface area contributed by atoms with E-state index in [4.69, 9.17) is 10.5 Å². The molecule has 1 saturated heterocycles. The summed E-state index contributed by atoms with van der Waals surface area (Å²) in [4.78, 5) is 14.3. The van der Waals surface area contributed by atoms with E-state index < -0.39 is 0 Å². The van der Waals surface area contributed by atoms with E-state index in [-0.39, 0.29) is 11.8 Å². The van der Waals surface area contributed by atoms with Crippen molar-refractivity contribution in [2.24, 2.45) is 11.7 Å². The number of nitrogens with zero attached hydrogens (tertiary/aromatic N) is 1. The average Bonchev–Trinajstić information content (AvgIpc) is 2.50. The van der Waals surface area contributed by atoms with Crippen molar-refractivity contribution in [2.45, 2.75) is 20.3 Å². The van der Waals surface area contributed by atoms with Gasteiger partial charge in [-0.05, 0) is 37.0 Å². The molecule has 0 aromatic heterocycles. The molecule has 5 nitrogen and oxygen atoms in total. The highest BCUT2D eigenvalue weighted by atomic mass is 16.5. The zero-order valence-corrected chi connectivity index (χ0v) is 12.8. The van der Waals surface area contributed by atoms with Crippen LogP contribution in [0.5, 0.6) is 5.75 Å². The van der Waals surface area contributed by atoms with Crippen molar-refractivity contribution in [3.8, 4) is 5.75 Å². The molecule has 1 aromatic carbocycles. The van der Waals surface area contributed by atoms with Crippen LogP contribution in [0.2, 0.25) is 0 Å². The standard InChI is InChI=1S/C16H24N2O3/c1-11-7-13(8-12(2)15(11)19)9-14(10-17)16(20)18-3-5-21-6-4-18/h7-8,14,19H,3-6,9-10,17H2,1-2H3. The topological polar surface area (TPSA) is 75.8 Å². The Bertz CT molecular complexity index is 487. The molecule has 1 heterocycles. The predicted octanol–water partition coefficient (Wildman–Crippen LogP) is 0.985. The number of aromatic hydroxyl groups is 1. The van der Waals surface area contributed by atoms with Gasteiger partial charge >= 0.3 is 0 Å². The summed E-state index contributed by atoms with van der Waals surface area (Å²) in [5.41, 5.74) is 8.51. The van der Waals surface area contributed by atoms with Gasteiger partial charge < -0.3 is 20.5 Å². The van der Waals surface area contributed by atoms with Crippen LogP contribution in [0.15, 0.2) is 12.1 Å². The van der Waals surface area contributed by atoms with Crippen LogP contribution in [0.25, 0.3) is 0 Å². The lowest BCUT2D eigenvalue weighted by Gasteiger charge is -2.30. The number of carbonyl (C=O) groups excluding carboxylic acids is 1. The molecule has 0 aliphatic carbocycles. The van der Waals surface area contributed by atoms with Crippen LogP contribution in [0.3, 0.4) is 0 Å². The Morgan fingerprint density at radius 3 is 2.43 bits per heavy atom. The Morgan fingerprint density at radius 1 is 1.33 bits per heavy atom. The van der Waals surface area contributed by atoms with E-state index >= 15 is 0 Å². The van der Waals surface area contributed by atoms with E-state index in [2.05, 4.69) is 0 Å². The molecule has 21 heavy (non-hydrogen) atoms. The Hall–Kier alpha value is -1.59. The van der Waals surface area contributed by atoms with Gasteiger partial charge in [0.1, 0.15) is 5.75 Å². The van der Waals surface area contributed by atoms with Gasteiger partial charge in [0.25, 0.3) is 0 Å². The number of benzene rings is 1. The highest BCUT2D eigenvalue weighted by Crippen LogP contribution is 2.24. The summed E-state index contributed by atoms with van der Waals surface area (Å²) < 4.78 is 5.27. The monoisotopic (exact) mass is 292 g/mol. The minimum atomic E-state index is -0.216.